The Morgan fingerprint density at radius 3 is 2.89 bits per heavy atom. The fraction of sp³-hybridized carbons (Fsp3) is 0.583. The van der Waals surface area contributed by atoms with Gasteiger partial charge in [0, 0.05) is 13.1 Å². The number of rotatable bonds is 6. The molecule has 0 spiro atoms. The highest BCUT2D eigenvalue weighted by Crippen LogP contribution is 2.21. The maximum atomic E-state index is 11.6. The summed E-state index contributed by atoms with van der Waals surface area (Å²) in [6, 6.07) is 2.10. The molecule has 98 valence electrons. The molecule has 0 aliphatic carbocycles. The number of H-pyrrole nitrogens is 1. The van der Waals surface area contributed by atoms with Crippen LogP contribution in [0.4, 0.5) is 5.82 Å². The molecule has 1 aromatic rings. The minimum atomic E-state index is -0.312. The highest BCUT2D eigenvalue weighted by atomic mass is 16.5. The highest BCUT2D eigenvalue weighted by Gasteiger charge is 2.17. The largest absolute Gasteiger partial charge is 0.489 e. The molecule has 0 aliphatic rings. The fourth-order valence-electron chi connectivity index (χ4n) is 1.70. The zero-order valence-corrected chi connectivity index (χ0v) is 10.9. The molecule has 0 bridgehead atoms. The lowest BCUT2D eigenvalue weighted by Gasteiger charge is -2.25. The van der Waals surface area contributed by atoms with Crippen molar-refractivity contribution in [2.45, 2.75) is 20.3 Å². The van der Waals surface area contributed by atoms with E-state index in [4.69, 9.17) is 10.00 Å². The van der Waals surface area contributed by atoms with Gasteiger partial charge in [-0.1, -0.05) is 13.8 Å². The van der Waals surface area contributed by atoms with Gasteiger partial charge in [-0.05, 0) is 5.92 Å². The molecule has 18 heavy (non-hydrogen) atoms. The molecule has 1 N–H and O–H groups in total. The number of hydrogen-bond acceptors (Lipinski definition) is 5. The van der Waals surface area contributed by atoms with Crippen molar-refractivity contribution in [2.75, 3.05) is 25.1 Å². The molecule has 0 aromatic carbocycles. The Kier molecular flexibility index (Phi) is 5.18. The summed E-state index contributed by atoms with van der Waals surface area (Å²) in [5.41, 5.74) is -0.312. The topological polar surface area (TPSA) is 82.0 Å². The van der Waals surface area contributed by atoms with Gasteiger partial charge >= 0.3 is 0 Å². The van der Waals surface area contributed by atoms with Crippen LogP contribution in [0.2, 0.25) is 0 Å². The first-order valence-corrected chi connectivity index (χ1v) is 5.83. The van der Waals surface area contributed by atoms with Crippen LogP contribution in [-0.4, -0.2) is 30.2 Å². The Labute approximate surface area is 106 Å². The predicted octanol–water partition coefficient (Wildman–Crippen LogP) is 1.15. The average molecular weight is 250 g/mol. The molecule has 1 rings (SSSR count). The number of aromatic amines is 1. The summed E-state index contributed by atoms with van der Waals surface area (Å²) < 4.78 is 5.09. The molecule has 0 fully saturated rings. The SMILES string of the molecule is COc1c(N(CCC#N)CC(C)C)nc[nH]c1=O. The molecule has 0 amide bonds. The van der Waals surface area contributed by atoms with Gasteiger partial charge < -0.3 is 14.6 Å². The van der Waals surface area contributed by atoms with E-state index in [1.165, 1.54) is 13.4 Å². The van der Waals surface area contributed by atoms with Gasteiger partial charge in [0.25, 0.3) is 5.56 Å². The van der Waals surface area contributed by atoms with Crippen molar-refractivity contribution in [3.63, 3.8) is 0 Å². The van der Waals surface area contributed by atoms with E-state index in [0.717, 1.165) is 0 Å². The second kappa shape index (κ2) is 6.64. The number of nitriles is 1. The summed E-state index contributed by atoms with van der Waals surface area (Å²) >= 11 is 0. The molecule has 1 aromatic heterocycles. The standard InChI is InChI=1S/C12H18N4O2/c1-9(2)7-16(6-4-5-13)11-10(18-3)12(17)15-8-14-11/h8-9H,4,6-7H2,1-3H3,(H,14,15,17). The average Bonchev–Trinajstić information content (AvgIpc) is 2.33. The lowest BCUT2D eigenvalue weighted by Crippen LogP contribution is -2.31. The van der Waals surface area contributed by atoms with Crippen LogP contribution >= 0.6 is 0 Å². The van der Waals surface area contributed by atoms with Gasteiger partial charge in [0.2, 0.25) is 5.75 Å². The van der Waals surface area contributed by atoms with Gasteiger partial charge in [-0.3, -0.25) is 4.79 Å². The van der Waals surface area contributed by atoms with E-state index >= 15 is 0 Å². The fourth-order valence-corrected chi connectivity index (χ4v) is 1.70. The van der Waals surface area contributed by atoms with Crippen molar-refractivity contribution in [1.82, 2.24) is 9.97 Å². The zero-order chi connectivity index (χ0) is 13.5. The van der Waals surface area contributed by atoms with Gasteiger partial charge in [0.1, 0.15) is 0 Å². The Morgan fingerprint density at radius 1 is 1.61 bits per heavy atom. The van der Waals surface area contributed by atoms with Crippen molar-refractivity contribution < 1.29 is 4.74 Å². The number of anilines is 1. The molecule has 0 unspecified atom stereocenters. The Hall–Kier alpha value is -2.03. The van der Waals surface area contributed by atoms with Gasteiger partial charge in [-0.2, -0.15) is 5.26 Å². The Balaban J connectivity index is 3.08. The summed E-state index contributed by atoms with van der Waals surface area (Å²) in [5.74, 6) is 1.08. The predicted molar refractivity (Wildman–Crippen MR) is 68.7 cm³/mol. The van der Waals surface area contributed by atoms with E-state index in [0.29, 0.717) is 31.2 Å². The Bertz CT molecular complexity index is 476. The molecular weight excluding hydrogens is 232 g/mol. The molecule has 0 saturated heterocycles. The molecule has 0 radical (unpaired) electrons. The lowest BCUT2D eigenvalue weighted by molar-refractivity contribution is 0.404. The maximum Gasteiger partial charge on any atom is 0.295 e. The van der Waals surface area contributed by atoms with Gasteiger partial charge in [0.15, 0.2) is 5.82 Å². The van der Waals surface area contributed by atoms with E-state index in [1.807, 2.05) is 4.90 Å². The highest BCUT2D eigenvalue weighted by molar-refractivity contribution is 5.50. The number of hydrogen-bond donors (Lipinski definition) is 1. The summed E-state index contributed by atoms with van der Waals surface area (Å²) in [7, 11) is 1.44. The quantitative estimate of drug-likeness (QED) is 0.819. The smallest absolute Gasteiger partial charge is 0.295 e. The summed E-state index contributed by atoms with van der Waals surface area (Å²) in [6.07, 6.45) is 1.73. The van der Waals surface area contributed by atoms with Crippen LogP contribution in [-0.2, 0) is 0 Å². The second-order valence-corrected chi connectivity index (χ2v) is 4.34. The summed E-state index contributed by atoms with van der Waals surface area (Å²) in [5, 5.41) is 8.68. The molecule has 6 nitrogen and oxygen atoms in total. The van der Waals surface area contributed by atoms with Crippen LogP contribution in [0.3, 0.4) is 0 Å². The van der Waals surface area contributed by atoms with Gasteiger partial charge in [-0.15, -0.1) is 0 Å². The molecule has 6 heteroatoms. The zero-order valence-electron chi connectivity index (χ0n) is 10.9. The molecule has 0 atom stereocenters. The normalized spacial score (nSPS) is 10.2. The van der Waals surface area contributed by atoms with Crippen LogP contribution < -0.4 is 15.2 Å². The Morgan fingerprint density at radius 2 is 2.33 bits per heavy atom. The van der Waals surface area contributed by atoms with Crippen LogP contribution in [0.1, 0.15) is 20.3 Å². The number of nitrogens with one attached hydrogen (secondary N) is 1. The minimum absolute atomic E-state index is 0.191. The monoisotopic (exact) mass is 250 g/mol. The third kappa shape index (κ3) is 3.48. The van der Waals surface area contributed by atoms with E-state index in [9.17, 15) is 4.79 Å². The van der Waals surface area contributed by atoms with Crippen LogP contribution in [0.5, 0.6) is 5.75 Å². The van der Waals surface area contributed by atoms with Crippen molar-refractivity contribution in [2.24, 2.45) is 5.92 Å². The van der Waals surface area contributed by atoms with Gasteiger partial charge in [0.05, 0.1) is 25.9 Å². The number of aromatic nitrogens is 2. The third-order valence-corrected chi connectivity index (χ3v) is 2.37. The molecule has 0 aliphatic heterocycles. The van der Waals surface area contributed by atoms with Crippen molar-refractivity contribution in [3.8, 4) is 11.8 Å². The van der Waals surface area contributed by atoms with E-state index in [2.05, 4.69) is 29.9 Å². The van der Waals surface area contributed by atoms with Gasteiger partial charge in [-0.25, -0.2) is 4.98 Å². The summed E-state index contributed by atoms with van der Waals surface area (Å²) in [4.78, 5) is 20.2. The van der Waals surface area contributed by atoms with Crippen LogP contribution in [0.25, 0.3) is 0 Å². The van der Waals surface area contributed by atoms with Crippen LogP contribution in [0.15, 0.2) is 11.1 Å². The van der Waals surface area contributed by atoms with Crippen molar-refractivity contribution in [3.05, 3.63) is 16.7 Å². The molecule has 1 heterocycles. The molecular formula is C12H18N4O2. The first-order chi connectivity index (χ1) is 8.60. The lowest BCUT2D eigenvalue weighted by atomic mass is 10.2. The number of ether oxygens (including phenoxy) is 1. The summed E-state index contributed by atoms with van der Waals surface area (Å²) in [6.45, 7) is 5.38. The first-order valence-electron chi connectivity index (χ1n) is 5.83. The van der Waals surface area contributed by atoms with Crippen molar-refractivity contribution in [1.29, 1.82) is 5.26 Å². The number of nitrogens with zero attached hydrogens (tertiary/aromatic N) is 3. The molecule has 0 saturated carbocycles. The first kappa shape index (κ1) is 14.0. The minimum Gasteiger partial charge on any atom is -0.489 e. The second-order valence-electron chi connectivity index (χ2n) is 4.34. The van der Waals surface area contributed by atoms with E-state index < -0.39 is 0 Å². The number of methoxy groups -OCH3 is 1. The van der Waals surface area contributed by atoms with E-state index in [1.54, 1.807) is 0 Å². The third-order valence-electron chi connectivity index (χ3n) is 2.37. The van der Waals surface area contributed by atoms with Crippen molar-refractivity contribution >= 4 is 5.82 Å². The maximum absolute atomic E-state index is 11.6. The van der Waals surface area contributed by atoms with Crippen LogP contribution in [0, 0.1) is 17.2 Å². The van der Waals surface area contributed by atoms with E-state index in [-0.39, 0.29) is 11.3 Å².